The molecule has 0 fully saturated rings. The third-order valence-corrected chi connectivity index (χ3v) is 5.61. The number of fused-ring (bicyclic) bond motifs is 2. The second kappa shape index (κ2) is 7.73. The van der Waals surface area contributed by atoms with E-state index in [2.05, 4.69) is 15.7 Å². The molecule has 3 atom stereocenters. The summed E-state index contributed by atoms with van der Waals surface area (Å²) < 4.78 is 58.0. The SMILES string of the molecule is CC(O)c1cc2c(cc1NC(=O)c1cnn3c1NC(c1ccco1)CC3C(F)(F)F)OCO2. The maximum Gasteiger partial charge on any atom is 0.410 e. The van der Waals surface area contributed by atoms with Crippen molar-refractivity contribution < 1.29 is 37.0 Å². The minimum Gasteiger partial charge on any atom is -0.467 e. The molecule has 0 spiro atoms. The van der Waals surface area contributed by atoms with Gasteiger partial charge in [-0.1, -0.05) is 0 Å². The number of nitrogens with one attached hydrogen (secondary N) is 2. The predicted octanol–water partition coefficient (Wildman–Crippen LogP) is 4.17. The number of aromatic nitrogens is 2. The smallest absolute Gasteiger partial charge is 0.410 e. The van der Waals surface area contributed by atoms with E-state index in [1.807, 2.05) is 0 Å². The van der Waals surface area contributed by atoms with E-state index >= 15 is 0 Å². The summed E-state index contributed by atoms with van der Waals surface area (Å²) in [5.74, 6) is 0.324. The highest BCUT2D eigenvalue weighted by Gasteiger charge is 2.47. The molecule has 2 aliphatic heterocycles. The van der Waals surface area contributed by atoms with Crippen LogP contribution in [0.25, 0.3) is 0 Å². The van der Waals surface area contributed by atoms with Gasteiger partial charge in [-0.25, -0.2) is 4.68 Å². The number of hydrogen-bond donors (Lipinski definition) is 3. The molecular formula is C21H19F3N4O5. The number of hydrogen-bond acceptors (Lipinski definition) is 7. The summed E-state index contributed by atoms with van der Waals surface area (Å²) in [6, 6.07) is 3.44. The molecule has 4 heterocycles. The highest BCUT2D eigenvalue weighted by molar-refractivity contribution is 6.08. The first-order chi connectivity index (χ1) is 15.7. The molecule has 3 unspecified atom stereocenters. The molecule has 12 heteroatoms. The summed E-state index contributed by atoms with van der Waals surface area (Å²) >= 11 is 0. The Morgan fingerprint density at radius 1 is 1.33 bits per heavy atom. The van der Waals surface area contributed by atoms with Gasteiger partial charge >= 0.3 is 6.18 Å². The maximum absolute atomic E-state index is 13.8. The summed E-state index contributed by atoms with van der Waals surface area (Å²) in [5, 5.41) is 19.6. The van der Waals surface area contributed by atoms with Crippen molar-refractivity contribution in [3.05, 3.63) is 53.6 Å². The van der Waals surface area contributed by atoms with Gasteiger partial charge in [0.15, 0.2) is 17.5 Å². The van der Waals surface area contributed by atoms with Crippen molar-refractivity contribution in [1.82, 2.24) is 9.78 Å². The highest BCUT2D eigenvalue weighted by Crippen LogP contribution is 2.45. The third kappa shape index (κ3) is 3.75. The molecule has 0 radical (unpaired) electrons. The van der Waals surface area contributed by atoms with Gasteiger partial charge < -0.3 is 29.6 Å². The topological polar surface area (TPSA) is 111 Å². The first kappa shape index (κ1) is 21.2. The molecule has 174 valence electrons. The largest absolute Gasteiger partial charge is 0.467 e. The van der Waals surface area contributed by atoms with Crippen molar-refractivity contribution in [2.75, 3.05) is 17.4 Å². The van der Waals surface area contributed by atoms with E-state index in [0.717, 1.165) is 10.9 Å². The standard InChI is InChI=1S/C21H19F3N4O5/c1-10(29)11-5-16-17(33-9-32-16)6-13(11)27-20(30)12-8-25-28-18(21(22,23)24)7-14(26-19(12)28)15-3-2-4-31-15/h2-6,8,10,14,18,26,29H,7,9H2,1H3,(H,27,30). The number of ether oxygens (including phenoxy) is 2. The monoisotopic (exact) mass is 464 g/mol. The fourth-order valence-electron chi connectivity index (χ4n) is 4.01. The van der Waals surface area contributed by atoms with Crippen LogP contribution in [0.5, 0.6) is 11.5 Å². The Balaban J connectivity index is 1.50. The van der Waals surface area contributed by atoms with Crippen molar-refractivity contribution in [3.63, 3.8) is 0 Å². The average molecular weight is 464 g/mol. The fourth-order valence-corrected chi connectivity index (χ4v) is 4.01. The van der Waals surface area contributed by atoms with Gasteiger partial charge in [-0.05, 0) is 25.1 Å². The van der Waals surface area contributed by atoms with Crippen LogP contribution in [0.1, 0.15) is 53.2 Å². The van der Waals surface area contributed by atoms with E-state index in [1.54, 1.807) is 18.2 Å². The molecule has 0 bridgehead atoms. The molecular weight excluding hydrogens is 445 g/mol. The van der Waals surface area contributed by atoms with Crippen LogP contribution in [0.2, 0.25) is 0 Å². The van der Waals surface area contributed by atoms with Crippen molar-refractivity contribution in [1.29, 1.82) is 0 Å². The van der Waals surface area contributed by atoms with Crippen LogP contribution >= 0.6 is 0 Å². The van der Waals surface area contributed by atoms with E-state index < -0.39 is 30.3 Å². The summed E-state index contributed by atoms with van der Waals surface area (Å²) in [6.45, 7) is 1.51. The summed E-state index contributed by atoms with van der Waals surface area (Å²) in [4.78, 5) is 13.1. The maximum atomic E-state index is 13.8. The lowest BCUT2D eigenvalue weighted by molar-refractivity contribution is -0.174. The molecule has 9 nitrogen and oxygen atoms in total. The summed E-state index contributed by atoms with van der Waals surface area (Å²) in [6.07, 6.45) is -3.43. The fraction of sp³-hybridized carbons (Fsp3) is 0.333. The van der Waals surface area contributed by atoms with Crippen LogP contribution in [-0.2, 0) is 0 Å². The van der Waals surface area contributed by atoms with Gasteiger partial charge in [0.25, 0.3) is 5.91 Å². The molecule has 3 N–H and O–H groups in total. The molecule has 0 saturated heterocycles. The Hall–Kier alpha value is -3.67. The Morgan fingerprint density at radius 2 is 2.09 bits per heavy atom. The minimum atomic E-state index is -4.59. The van der Waals surface area contributed by atoms with E-state index in [-0.39, 0.29) is 30.3 Å². The summed E-state index contributed by atoms with van der Waals surface area (Å²) in [5.41, 5.74) is 0.517. The van der Waals surface area contributed by atoms with Gasteiger partial charge in [0, 0.05) is 18.1 Å². The van der Waals surface area contributed by atoms with E-state index in [4.69, 9.17) is 13.9 Å². The van der Waals surface area contributed by atoms with Gasteiger partial charge in [0.2, 0.25) is 6.79 Å². The van der Waals surface area contributed by atoms with Gasteiger partial charge in [-0.15, -0.1) is 0 Å². The number of benzene rings is 1. The normalized spacial score (nSPS) is 20.2. The van der Waals surface area contributed by atoms with Crippen molar-refractivity contribution >= 4 is 17.4 Å². The molecule has 2 aromatic heterocycles. The zero-order valence-corrected chi connectivity index (χ0v) is 17.2. The second-order valence-corrected chi connectivity index (χ2v) is 7.78. The van der Waals surface area contributed by atoms with Gasteiger partial charge in [0.05, 0.1) is 30.3 Å². The molecule has 0 saturated carbocycles. The molecule has 2 aliphatic rings. The van der Waals surface area contributed by atoms with E-state index in [1.165, 1.54) is 19.3 Å². The third-order valence-electron chi connectivity index (χ3n) is 5.61. The van der Waals surface area contributed by atoms with Crippen LogP contribution in [0.4, 0.5) is 24.7 Å². The number of rotatable bonds is 4. The molecule has 1 amide bonds. The van der Waals surface area contributed by atoms with Crippen molar-refractivity contribution in [2.24, 2.45) is 0 Å². The zero-order valence-electron chi connectivity index (χ0n) is 17.2. The lowest BCUT2D eigenvalue weighted by atomic mass is 10.0. The first-order valence-corrected chi connectivity index (χ1v) is 10.1. The van der Waals surface area contributed by atoms with Crippen LogP contribution in [0.3, 0.4) is 0 Å². The highest BCUT2D eigenvalue weighted by atomic mass is 19.4. The Morgan fingerprint density at radius 3 is 2.76 bits per heavy atom. The molecule has 1 aromatic carbocycles. The number of alkyl halides is 3. The van der Waals surface area contributed by atoms with E-state index in [9.17, 15) is 23.1 Å². The first-order valence-electron chi connectivity index (χ1n) is 10.1. The van der Waals surface area contributed by atoms with Crippen molar-refractivity contribution in [3.8, 4) is 11.5 Å². The van der Waals surface area contributed by atoms with Gasteiger partial charge in [-0.2, -0.15) is 18.3 Å². The molecule has 3 aromatic rings. The molecule has 0 aliphatic carbocycles. The predicted molar refractivity (Wildman–Crippen MR) is 108 cm³/mol. The minimum absolute atomic E-state index is 0.000179. The number of amides is 1. The van der Waals surface area contributed by atoms with Crippen LogP contribution < -0.4 is 20.1 Å². The van der Waals surface area contributed by atoms with E-state index in [0.29, 0.717) is 22.8 Å². The molecule has 33 heavy (non-hydrogen) atoms. The quantitative estimate of drug-likeness (QED) is 0.532. The number of anilines is 2. The lowest BCUT2D eigenvalue weighted by Crippen LogP contribution is -2.36. The van der Waals surface area contributed by atoms with Crippen LogP contribution in [0.15, 0.2) is 41.1 Å². The lowest BCUT2D eigenvalue weighted by Gasteiger charge is -2.32. The Bertz CT molecular complexity index is 1190. The number of halogens is 3. The van der Waals surface area contributed by atoms with Gasteiger partial charge in [-0.3, -0.25) is 4.79 Å². The van der Waals surface area contributed by atoms with Gasteiger partial charge in [0.1, 0.15) is 17.1 Å². The second-order valence-electron chi connectivity index (χ2n) is 7.78. The Kier molecular flexibility index (Phi) is 4.96. The number of carbonyl (C=O) groups excluding carboxylic acids is 1. The zero-order chi connectivity index (χ0) is 23.3. The number of nitrogens with zero attached hydrogens (tertiary/aromatic N) is 2. The van der Waals surface area contributed by atoms with Crippen molar-refractivity contribution in [2.45, 2.75) is 37.7 Å². The van der Waals surface area contributed by atoms with Crippen LogP contribution in [0, 0.1) is 0 Å². The molecule has 5 rings (SSSR count). The number of aliphatic hydroxyl groups is 1. The van der Waals surface area contributed by atoms with Crippen LogP contribution in [-0.4, -0.2) is 33.8 Å². The number of carbonyl (C=O) groups is 1. The number of furan rings is 1. The summed E-state index contributed by atoms with van der Waals surface area (Å²) in [7, 11) is 0. The average Bonchev–Trinajstić information content (AvgIpc) is 3.50. The Labute approximate surface area is 185 Å². The number of aliphatic hydroxyl groups excluding tert-OH is 1.